The topological polar surface area (TPSA) is 21.3 Å². The van der Waals surface area contributed by atoms with Crippen molar-refractivity contribution in [2.45, 2.75) is 18.8 Å². The summed E-state index contributed by atoms with van der Waals surface area (Å²) in [6, 6.07) is 17.1. The Morgan fingerprint density at radius 1 is 1.10 bits per heavy atom. The molecule has 2 aromatic carbocycles. The second kappa shape index (κ2) is 6.10. The van der Waals surface area contributed by atoms with Gasteiger partial charge in [-0.1, -0.05) is 36.4 Å². The van der Waals surface area contributed by atoms with Crippen LogP contribution in [-0.4, -0.2) is 20.2 Å². The standard InChI is InChI=1S/C18H21NO/c1-20-18-10-9-15(16-8-5-11-19-13-16)12-17(18)14-6-3-2-4-7-14/h2-4,6-7,9-10,12,16,19H,5,8,11,13H2,1H3. The summed E-state index contributed by atoms with van der Waals surface area (Å²) in [4.78, 5) is 0. The predicted molar refractivity (Wildman–Crippen MR) is 83.3 cm³/mol. The Labute approximate surface area is 120 Å². The van der Waals surface area contributed by atoms with Crippen molar-refractivity contribution in [3.63, 3.8) is 0 Å². The number of hydrogen-bond acceptors (Lipinski definition) is 2. The summed E-state index contributed by atoms with van der Waals surface area (Å²) in [5, 5.41) is 3.49. The van der Waals surface area contributed by atoms with E-state index in [1.54, 1.807) is 7.11 Å². The molecule has 2 heteroatoms. The van der Waals surface area contributed by atoms with E-state index in [4.69, 9.17) is 4.74 Å². The van der Waals surface area contributed by atoms with Gasteiger partial charge in [0.1, 0.15) is 5.75 Å². The van der Waals surface area contributed by atoms with Crippen LogP contribution >= 0.6 is 0 Å². The van der Waals surface area contributed by atoms with E-state index < -0.39 is 0 Å². The molecule has 0 radical (unpaired) electrons. The van der Waals surface area contributed by atoms with Crippen LogP contribution in [-0.2, 0) is 0 Å². The van der Waals surface area contributed by atoms with Gasteiger partial charge in [0.15, 0.2) is 0 Å². The lowest BCUT2D eigenvalue weighted by Crippen LogP contribution is -2.28. The van der Waals surface area contributed by atoms with E-state index in [-0.39, 0.29) is 0 Å². The Balaban J connectivity index is 1.98. The Kier molecular flexibility index (Phi) is 4.03. The molecule has 1 aliphatic rings. The molecule has 1 heterocycles. The zero-order valence-corrected chi connectivity index (χ0v) is 11.9. The Morgan fingerprint density at radius 3 is 2.65 bits per heavy atom. The van der Waals surface area contributed by atoms with Gasteiger partial charge in [0.05, 0.1) is 7.11 Å². The second-order valence-corrected chi connectivity index (χ2v) is 5.37. The van der Waals surface area contributed by atoms with Crippen molar-refractivity contribution in [2.24, 2.45) is 0 Å². The molecule has 0 aromatic heterocycles. The summed E-state index contributed by atoms with van der Waals surface area (Å²) in [6.07, 6.45) is 2.53. The highest BCUT2D eigenvalue weighted by molar-refractivity contribution is 5.71. The highest BCUT2D eigenvalue weighted by atomic mass is 16.5. The number of hydrogen-bond donors (Lipinski definition) is 1. The maximum absolute atomic E-state index is 5.53. The maximum atomic E-state index is 5.53. The van der Waals surface area contributed by atoms with Crippen LogP contribution in [0.1, 0.15) is 24.3 Å². The fraction of sp³-hybridized carbons (Fsp3) is 0.333. The summed E-state index contributed by atoms with van der Waals surface area (Å²) in [5.41, 5.74) is 3.82. The summed E-state index contributed by atoms with van der Waals surface area (Å²) in [7, 11) is 1.74. The number of ether oxygens (including phenoxy) is 1. The average Bonchev–Trinajstić information content (AvgIpc) is 2.56. The van der Waals surface area contributed by atoms with E-state index in [0.29, 0.717) is 5.92 Å². The molecule has 1 saturated heterocycles. The summed E-state index contributed by atoms with van der Waals surface area (Å²) < 4.78 is 5.53. The molecule has 3 rings (SSSR count). The monoisotopic (exact) mass is 267 g/mol. The van der Waals surface area contributed by atoms with Gasteiger partial charge < -0.3 is 10.1 Å². The zero-order valence-electron chi connectivity index (χ0n) is 11.9. The number of nitrogens with one attached hydrogen (secondary N) is 1. The minimum absolute atomic E-state index is 0.622. The van der Waals surface area contributed by atoms with Gasteiger partial charge in [-0.05, 0) is 48.6 Å². The minimum atomic E-state index is 0.622. The van der Waals surface area contributed by atoms with E-state index in [1.165, 1.54) is 29.5 Å². The molecular formula is C18H21NO. The van der Waals surface area contributed by atoms with E-state index in [0.717, 1.165) is 18.8 Å². The van der Waals surface area contributed by atoms with Crippen LogP contribution in [0.4, 0.5) is 0 Å². The van der Waals surface area contributed by atoms with Gasteiger partial charge in [-0.3, -0.25) is 0 Å². The fourth-order valence-corrected chi connectivity index (χ4v) is 2.96. The quantitative estimate of drug-likeness (QED) is 0.912. The van der Waals surface area contributed by atoms with E-state index in [1.807, 2.05) is 6.07 Å². The highest BCUT2D eigenvalue weighted by Gasteiger charge is 2.17. The van der Waals surface area contributed by atoms with Crippen LogP contribution in [0.2, 0.25) is 0 Å². The van der Waals surface area contributed by atoms with Crippen LogP contribution in [0.25, 0.3) is 11.1 Å². The lowest BCUT2D eigenvalue weighted by Gasteiger charge is -2.24. The fourth-order valence-electron chi connectivity index (χ4n) is 2.96. The first kappa shape index (κ1) is 13.2. The lowest BCUT2D eigenvalue weighted by molar-refractivity contribution is 0.415. The number of piperidine rings is 1. The van der Waals surface area contributed by atoms with Gasteiger partial charge in [0.2, 0.25) is 0 Å². The van der Waals surface area contributed by atoms with Gasteiger partial charge >= 0.3 is 0 Å². The summed E-state index contributed by atoms with van der Waals surface area (Å²) >= 11 is 0. The van der Waals surface area contributed by atoms with Gasteiger partial charge in [0, 0.05) is 12.1 Å². The molecule has 0 amide bonds. The Bertz CT molecular complexity index is 559. The Hall–Kier alpha value is -1.80. The van der Waals surface area contributed by atoms with E-state index >= 15 is 0 Å². The first-order chi connectivity index (χ1) is 9.88. The molecule has 0 aliphatic carbocycles. The van der Waals surface area contributed by atoms with Gasteiger partial charge in [-0.2, -0.15) is 0 Å². The van der Waals surface area contributed by atoms with Crippen molar-refractivity contribution in [3.8, 4) is 16.9 Å². The summed E-state index contributed by atoms with van der Waals surface area (Å²) in [6.45, 7) is 2.23. The molecule has 20 heavy (non-hydrogen) atoms. The third kappa shape index (κ3) is 2.70. The van der Waals surface area contributed by atoms with Crippen molar-refractivity contribution in [1.82, 2.24) is 5.32 Å². The van der Waals surface area contributed by atoms with Crippen LogP contribution in [0, 0.1) is 0 Å². The first-order valence-electron chi connectivity index (χ1n) is 7.32. The maximum Gasteiger partial charge on any atom is 0.126 e. The zero-order chi connectivity index (χ0) is 13.8. The molecule has 1 fully saturated rings. The first-order valence-corrected chi connectivity index (χ1v) is 7.32. The van der Waals surface area contributed by atoms with Gasteiger partial charge in [-0.15, -0.1) is 0 Å². The molecule has 1 atom stereocenters. The molecule has 1 aliphatic heterocycles. The SMILES string of the molecule is COc1ccc(C2CCCNC2)cc1-c1ccccc1. The Morgan fingerprint density at radius 2 is 1.95 bits per heavy atom. The summed E-state index contributed by atoms with van der Waals surface area (Å²) in [5.74, 6) is 1.57. The molecule has 2 nitrogen and oxygen atoms in total. The molecular weight excluding hydrogens is 246 g/mol. The second-order valence-electron chi connectivity index (χ2n) is 5.37. The molecule has 1 N–H and O–H groups in total. The van der Waals surface area contributed by atoms with Crippen molar-refractivity contribution in [2.75, 3.05) is 20.2 Å². The van der Waals surface area contributed by atoms with E-state index in [2.05, 4.69) is 47.8 Å². The van der Waals surface area contributed by atoms with Crippen LogP contribution in [0.5, 0.6) is 5.75 Å². The molecule has 0 bridgehead atoms. The van der Waals surface area contributed by atoms with Crippen molar-refractivity contribution in [3.05, 3.63) is 54.1 Å². The van der Waals surface area contributed by atoms with Crippen molar-refractivity contribution in [1.29, 1.82) is 0 Å². The molecule has 0 spiro atoms. The molecule has 2 aromatic rings. The van der Waals surface area contributed by atoms with Crippen LogP contribution in [0.3, 0.4) is 0 Å². The normalized spacial score (nSPS) is 18.8. The molecule has 1 unspecified atom stereocenters. The van der Waals surface area contributed by atoms with Gasteiger partial charge in [0.25, 0.3) is 0 Å². The number of rotatable bonds is 3. The van der Waals surface area contributed by atoms with Crippen LogP contribution in [0.15, 0.2) is 48.5 Å². The molecule has 104 valence electrons. The molecule has 0 saturated carbocycles. The van der Waals surface area contributed by atoms with Crippen LogP contribution < -0.4 is 10.1 Å². The van der Waals surface area contributed by atoms with Crippen molar-refractivity contribution < 1.29 is 4.74 Å². The smallest absolute Gasteiger partial charge is 0.126 e. The third-order valence-electron chi connectivity index (χ3n) is 4.08. The highest BCUT2D eigenvalue weighted by Crippen LogP contribution is 2.34. The third-order valence-corrected chi connectivity index (χ3v) is 4.08. The minimum Gasteiger partial charge on any atom is -0.496 e. The number of methoxy groups -OCH3 is 1. The predicted octanol–water partition coefficient (Wildman–Crippen LogP) is 3.83. The van der Waals surface area contributed by atoms with E-state index in [9.17, 15) is 0 Å². The lowest BCUT2D eigenvalue weighted by atomic mass is 9.89. The van der Waals surface area contributed by atoms with Crippen molar-refractivity contribution >= 4 is 0 Å². The van der Waals surface area contributed by atoms with Gasteiger partial charge in [-0.25, -0.2) is 0 Å². The average molecular weight is 267 g/mol. The number of benzene rings is 2. The largest absolute Gasteiger partial charge is 0.496 e.